The number of nitrogens with zero attached hydrogens (tertiary/aromatic N) is 1. The van der Waals surface area contributed by atoms with E-state index in [4.69, 9.17) is 15.6 Å². The Labute approximate surface area is 114 Å². The number of aromatic nitrogens is 1. The second kappa shape index (κ2) is 7.82. The normalized spacial score (nSPS) is 12.1. The van der Waals surface area contributed by atoms with E-state index in [2.05, 4.69) is 10.3 Å². The highest BCUT2D eigenvalue weighted by molar-refractivity contribution is 7.09. The van der Waals surface area contributed by atoms with Crippen molar-refractivity contribution in [1.29, 1.82) is 0 Å². The van der Waals surface area contributed by atoms with Crippen LogP contribution in [0.3, 0.4) is 0 Å². The summed E-state index contributed by atoms with van der Waals surface area (Å²) in [6, 6.07) is -0.589. The van der Waals surface area contributed by atoms with E-state index in [0.29, 0.717) is 24.5 Å². The largest absolute Gasteiger partial charge is 0.476 e. The van der Waals surface area contributed by atoms with Crippen molar-refractivity contribution in [2.45, 2.75) is 25.4 Å². The van der Waals surface area contributed by atoms with Gasteiger partial charge in [-0.2, -0.15) is 0 Å². The van der Waals surface area contributed by atoms with E-state index in [1.807, 2.05) is 0 Å². The van der Waals surface area contributed by atoms with Crippen molar-refractivity contribution >= 4 is 23.2 Å². The molecule has 1 heterocycles. The van der Waals surface area contributed by atoms with Crippen LogP contribution >= 0.6 is 11.3 Å². The van der Waals surface area contributed by atoms with Crippen LogP contribution in [0.15, 0.2) is 5.38 Å². The Kier molecular flexibility index (Phi) is 6.40. The minimum absolute atomic E-state index is 0.0151. The molecule has 7 nitrogen and oxygen atoms in total. The maximum absolute atomic E-state index is 11.6. The number of carboxylic acid groups (broad SMARTS) is 1. The summed E-state index contributed by atoms with van der Waals surface area (Å²) >= 11 is 1.19. The van der Waals surface area contributed by atoms with Gasteiger partial charge in [0.05, 0.1) is 12.6 Å². The first kappa shape index (κ1) is 15.5. The number of carboxylic acids is 1. The molecule has 1 unspecified atom stereocenters. The summed E-state index contributed by atoms with van der Waals surface area (Å²) in [5, 5.41) is 13.3. The molecule has 0 aliphatic carbocycles. The topological polar surface area (TPSA) is 115 Å². The molecule has 1 aromatic rings. The zero-order chi connectivity index (χ0) is 14.3. The second-order valence-corrected chi connectivity index (χ2v) is 4.83. The number of carbonyl (C=O) groups excluding carboxylic acids is 1. The fraction of sp³-hybridized carbons (Fsp3) is 0.545. The summed E-state index contributed by atoms with van der Waals surface area (Å²) in [7, 11) is 1.59. The lowest BCUT2D eigenvalue weighted by atomic mass is 10.1. The van der Waals surface area contributed by atoms with Gasteiger partial charge in [-0.15, -0.1) is 11.3 Å². The number of aromatic carboxylic acids is 1. The zero-order valence-electron chi connectivity index (χ0n) is 10.6. The number of ether oxygens (including phenoxy) is 1. The van der Waals surface area contributed by atoms with Gasteiger partial charge in [-0.3, -0.25) is 4.79 Å². The smallest absolute Gasteiger partial charge is 0.355 e. The SMILES string of the molecule is COCCCC(N)C(=O)NCc1nc(C(=O)O)cs1. The van der Waals surface area contributed by atoms with Gasteiger partial charge in [0.15, 0.2) is 5.69 Å². The average molecular weight is 287 g/mol. The fourth-order valence-corrected chi connectivity index (χ4v) is 2.07. The summed E-state index contributed by atoms with van der Waals surface area (Å²) in [6.07, 6.45) is 1.25. The number of amides is 1. The van der Waals surface area contributed by atoms with Gasteiger partial charge in [-0.05, 0) is 12.8 Å². The number of nitrogens with one attached hydrogen (secondary N) is 1. The Hall–Kier alpha value is -1.51. The van der Waals surface area contributed by atoms with Crippen LogP contribution in [0.5, 0.6) is 0 Å². The van der Waals surface area contributed by atoms with Crippen LogP contribution < -0.4 is 11.1 Å². The van der Waals surface area contributed by atoms with Crippen LogP contribution in [-0.2, 0) is 16.1 Å². The van der Waals surface area contributed by atoms with Crippen LogP contribution in [0.2, 0.25) is 0 Å². The van der Waals surface area contributed by atoms with E-state index in [9.17, 15) is 9.59 Å². The maximum Gasteiger partial charge on any atom is 0.355 e. The molecule has 8 heteroatoms. The van der Waals surface area contributed by atoms with Crippen molar-refractivity contribution in [2.75, 3.05) is 13.7 Å². The lowest BCUT2D eigenvalue weighted by Gasteiger charge is -2.10. The zero-order valence-corrected chi connectivity index (χ0v) is 11.4. The molecule has 1 atom stereocenters. The van der Waals surface area contributed by atoms with Crippen molar-refractivity contribution in [2.24, 2.45) is 5.73 Å². The van der Waals surface area contributed by atoms with Crippen molar-refractivity contribution in [3.05, 3.63) is 16.1 Å². The first-order chi connectivity index (χ1) is 9.04. The molecular weight excluding hydrogens is 270 g/mol. The first-order valence-electron chi connectivity index (χ1n) is 5.74. The molecule has 0 aliphatic rings. The summed E-state index contributed by atoms with van der Waals surface area (Å²) in [4.78, 5) is 26.1. The van der Waals surface area contributed by atoms with Crippen LogP contribution in [0.4, 0.5) is 0 Å². The molecule has 4 N–H and O–H groups in total. The fourth-order valence-electron chi connectivity index (χ4n) is 1.36. The molecule has 0 saturated carbocycles. The van der Waals surface area contributed by atoms with Crippen molar-refractivity contribution in [3.8, 4) is 0 Å². The molecule has 0 aliphatic heterocycles. The number of methoxy groups -OCH3 is 1. The Morgan fingerprint density at radius 2 is 2.37 bits per heavy atom. The van der Waals surface area contributed by atoms with Crippen molar-refractivity contribution in [3.63, 3.8) is 0 Å². The number of carbonyl (C=O) groups is 2. The number of hydrogen-bond donors (Lipinski definition) is 3. The maximum atomic E-state index is 11.6. The van der Waals surface area contributed by atoms with E-state index < -0.39 is 12.0 Å². The number of nitrogens with two attached hydrogens (primary N) is 1. The van der Waals surface area contributed by atoms with Gasteiger partial charge in [-0.25, -0.2) is 9.78 Å². The van der Waals surface area contributed by atoms with Crippen LogP contribution in [0.25, 0.3) is 0 Å². The molecule has 0 saturated heterocycles. The predicted molar refractivity (Wildman–Crippen MR) is 70.0 cm³/mol. The number of hydrogen-bond acceptors (Lipinski definition) is 6. The average Bonchev–Trinajstić information content (AvgIpc) is 2.85. The number of thiazole rings is 1. The van der Waals surface area contributed by atoms with E-state index in [0.717, 1.165) is 0 Å². The third-order valence-corrected chi connectivity index (χ3v) is 3.23. The van der Waals surface area contributed by atoms with E-state index in [-0.39, 0.29) is 18.1 Å². The van der Waals surface area contributed by atoms with E-state index >= 15 is 0 Å². The summed E-state index contributed by atoms with van der Waals surface area (Å²) < 4.78 is 4.88. The number of rotatable bonds is 8. The molecule has 0 radical (unpaired) electrons. The van der Waals surface area contributed by atoms with E-state index in [1.54, 1.807) is 7.11 Å². The molecule has 1 amide bonds. The van der Waals surface area contributed by atoms with E-state index in [1.165, 1.54) is 16.7 Å². The van der Waals surface area contributed by atoms with Crippen LogP contribution in [0.1, 0.15) is 28.3 Å². The van der Waals surface area contributed by atoms with Gasteiger partial charge in [0.1, 0.15) is 5.01 Å². The van der Waals surface area contributed by atoms with Gasteiger partial charge in [-0.1, -0.05) is 0 Å². The van der Waals surface area contributed by atoms with Gasteiger partial charge in [0, 0.05) is 19.1 Å². The molecule has 1 rings (SSSR count). The van der Waals surface area contributed by atoms with Gasteiger partial charge in [0.2, 0.25) is 5.91 Å². The molecule has 19 heavy (non-hydrogen) atoms. The minimum Gasteiger partial charge on any atom is -0.476 e. The molecule has 106 valence electrons. The molecule has 0 bridgehead atoms. The van der Waals surface area contributed by atoms with Crippen molar-refractivity contribution in [1.82, 2.24) is 10.3 Å². The highest BCUT2D eigenvalue weighted by atomic mass is 32.1. The monoisotopic (exact) mass is 287 g/mol. The summed E-state index contributed by atoms with van der Waals surface area (Å²) in [5.74, 6) is -1.35. The predicted octanol–water partition coefficient (Wildman–Crippen LogP) is 0.211. The molecular formula is C11H17N3O4S. The molecule has 0 fully saturated rings. The summed E-state index contributed by atoms with van der Waals surface area (Å²) in [6.45, 7) is 0.754. The van der Waals surface area contributed by atoms with Crippen LogP contribution in [0, 0.1) is 0 Å². The molecule has 1 aromatic heterocycles. The quantitative estimate of drug-likeness (QED) is 0.589. The lowest BCUT2D eigenvalue weighted by Crippen LogP contribution is -2.40. The highest BCUT2D eigenvalue weighted by Gasteiger charge is 2.14. The summed E-state index contributed by atoms with van der Waals surface area (Å²) in [5.41, 5.74) is 5.68. The minimum atomic E-state index is -1.08. The second-order valence-electron chi connectivity index (χ2n) is 3.89. The molecule has 0 spiro atoms. The highest BCUT2D eigenvalue weighted by Crippen LogP contribution is 2.09. The standard InChI is InChI=1S/C11H17N3O4S/c1-18-4-2-3-7(12)10(15)13-5-9-14-8(6-19-9)11(16)17/h6-7H,2-5,12H2,1H3,(H,13,15)(H,16,17). The van der Waals surface area contributed by atoms with Crippen molar-refractivity contribution < 1.29 is 19.4 Å². The third kappa shape index (κ3) is 5.33. The Bertz CT molecular complexity index is 435. The first-order valence-corrected chi connectivity index (χ1v) is 6.62. The molecule has 0 aromatic carbocycles. The Morgan fingerprint density at radius 1 is 1.63 bits per heavy atom. The van der Waals surface area contributed by atoms with Gasteiger partial charge in [0.25, 0.3) is 0 Å². The third-order valence-electron chi connectivity index (χ3n) is 2.39. The van der Waals surface area contributed by atoms with Gasteiger partial charge < -0.3 is 20.9 Å². The Balaban J connectivity index is 2.34. The lowest BCUT2D eigenvalue weighted by molar-refractivity contribution is -0.122. The van der Waals surface area contributed by atoms with Gasteiger partial charge >= 0.3 is 5.97 Å². The Morgan fingerprint density at radius 3 is 2.95 bits per heavy atom. The van der Waals surface area contributed by atoms with Crippen LogP contribution in [-0.4, -0.2) is 41.7 Å².